The van der Waals surface area contributed by atoms with E-state index in [0.717, 1.165) is 19.4 Å². The second-order valence-electron chi connectivity index (χ2n) is 4.40. The lowest BCUT2D eigenvalue weighted by molar-refractivity contribution is 0.0247. The molecule has 18 heavy (non-hydrogen) atoms. The molecular formula is C12H18N4O2. The van der Waals surface area contributed by atoms with Crippen molar-refractivity contribution in [1.82, 2.24) is 4.98 Å². The Morgan fingerprint density at radius 1 is 1.56 bits per heavy atom. The summed E-state index contributed by atoms with van der Waals surface area (Å²) in [5.74, 6) is -0.0762. The monoisotopic (exact) mass is 250 g/mol. The number of carbonyl (C=O) groups excluding carboxylic acids is 1. The molecule has 0 aliphatic carbocycles. The molecule has 2 rings (SSSR count). The van der Waals surface area contributed by atoms with Crippen molar-refractivity contribution in [2.24, 2.45) is 5.73 Å². The molecule has 0 radical (unpaired) electrons. The van der Waals surface area contributed by atoms with Crippen LogP contribution in [0.5, 0.6) is 0 Å². The molecule has 0 saturated carbocycles. The molecule has 5 N–H and O–H groups in total. The summed E-state index contributed by atoms with van der Waals surface area (Å²) < 4.78 is 5.59. The Hall–Kier alpha value is -1.82. The summed E-state index contributed by atoms with van der Waals surface area (Å²) in [6.07, 6.45) is 4.97. The molecule has 1 amide bonds. The zero-order valence-corrected chi connectivity index (χ0v) is 10.2. The number of carbonyl (C=O) groups is 1. The minimum atomic E-state index is -0.540. The SMILES string of the molecule is NC(=O)c1cc(N)cnc1NCC1CCCCO1. The van der Waals surface area contributed by atoms with Gasteiger partial charge in [0.2, 0.25) is 0 Å². The summed E-state index contributed by atoms with van der Waals surface area (Å²) >= 11 is 0. The van der Waals surface area contributed by atoms with Crippen molar-refractivity contribution in [2.45, 2.75) is 25.4 Å². The Morgan fingerprint density at radius 3 is 3.06 bits per heavy atom. The van der Waals surface area contributed by atoms with Gasteiger partial charge in [0.05, 0.1) is 23.6 Å². The minimum Gasteiger partial charge on any atom is -0.397 e. The number of primary amides is 1. The van der Waals surface area contributed by atoms with Gasteiger partial charge in [0.15, 0.2) is 0 Å². The lowest BCUT2D eigenvalue weighted by atomic mass is 10.1. The Kier molecular flexibility index (Phi) is 3.99. The maximum Gasteiger partial charge on any atom is 0.252 e. The third-order valence-electron chi connectivity index (χ3n) is 2.95. The van der Waals surface area contributed by atoms with E-state index in [1.165, 1.54) is 18.7 Å². The summed E-state index contributed by atoms with van der Waals surface area (Å²) in [5, 5.41) is 3.10. The van der Waals surface area contributed by atoms with E-state index < -0.39 is 5.91 Å². The van der Waals surface area contributed by atoms with Gasteiger partial charge in [-0.2, -0.15) is 0 Å². The van der Waals surface area contributed by atoms with E-state index in [-0.39, 0.29) is 6.10 Å². The average Bonchev–Trinajstić information content (AvgIpc) is 2.38. The maximum atomic E-state index is 11.3. The molecule has 1 unspecified atom stereocenters. The predicted octanol–water partition coefficient (Wildman–Crippen LogP) is 0.744. The number of nitrogen functional groups attached to an aromatic ring is 1. The normalized spacial score (nSPS) is 19.4. The number of hydrogen-bond donors (Lipinski definition) is 3. The first-order chi connectivity index (χ1) is 8.66. The van der Waals surface area contributed by atoms with Crippen LogP contribution in [-0.2, 0) is 4.74 Å². The molecule has 0 bridgehead atoms. The van der Waals surface area contributed by atoms with Gasteiger partial charge in [0.25, 0.3) is 5.91 Å². The summed E-state index contributed by atoms with van der Waals surface area (Å²) in [6, 6.07) is 1.53. The summed E-state index contributed by atoms with van der Waals surface area (Å²) in [7, 11) is 0. The van der Waals surface area contributed by atoms with Crippen LogP contribution in [0.25, 0.3) is 0 Å². The first kappa shape index (κ1) is 12.6. The van der Waals surface area contributed by atoms with Crippen molar-refractivity contribution in [3.8, 4) is 0 Å². The largest absolute Gasteiger partial charge is 0.397 e. The first-order valence-corrected chi connectivity index (χ1v) is 6.07. The number of amides is 1. The standard InChI is InChI=1S/C12H18N4O2/c13-8-5-10(11(14)17)12(15-6-8)16-7-9-3-1-2-4-18-9/h5-6,9H,1-4,7,13H2,(H2,14,17)(H,15,16). The highest BCUT2D eigenvalue weighted by Crippen LogP contribution is 2.17. The molecule has 1 atom stereocenters. The van der Waals surface area contributed by atoms with E-state index in [4.69, 9.17) is 16.2 Å². The summed E-state index contributed by atoms with van der Waals surface area (Å²) in [4.78, 5) is 15.4. The van der Waals surface area contributed by atoms with Gasteiger partial charge in [-0.1, -0.05) is 0 Å². The number of nitrogens with one attached hydrogen (secondary N) is 1. The molecule has 1 aromatic rings. The average molecular weight is 250 g/mol. The van der Waals surface area contributed by atoms with Gasteiger partial charge in [-0.05, 0) is 25.3 Å². The molecule has 1 aliphatic rings. The highest BCUT2D eigenvalue weighted by molar-refractivity contribution is 5.98. The van der Waals surface area contributed by atoms with Crippen LogP contribution in [-0.4, -0.2) is 30.1 Å². The Labute approximate surface area is 106 Å². The van der Waals surface area contributed by atoms with Crippen molar-refractivity contribution < 1.29 is 9.53 Å². The zero-order chi connectivity index (χ0) is 13.0. The van der Waals surface area contributed by atoms with Gasteiger partial charge in [0, 0.05) is 13.2 Å². The molecular weight excluding hydrogens is 232 g/mol. The fraction of sp³-hybridized carbons (Fsp3) is 0.500. The maximum absolute atomic E-state index is 11.3. The fourth-order valence-corrected chi connectivity index (χ4v) is 1.99. The van der Waals surface area contributed by atoms with E-state index in [2.05, 4.69) is 10.3 Å². The van der Waals surface area contributed by atoms with Crippen LogP contribution in [0.2, 0.25) is 0 Å². The number of anilines is 2. The number of ether oxygens (including phenoxy) is 1. The summed E-state index contributed by atoms with van der Waals surface area (Å²) in [6.45, 7) is 1.42. The molecule has 1 fully saturated rings. The Morgan fingerprint density at radius 2 is 2.39 bits per heavy atom. The van der Waals surface area contributed by atoms with Gasteiger partial charge in [0.1, 0.15) is 5.82 Å². The lowest BCUT2D eigenvalue weighted by Gasteiger charge is -2.23. The van der Waals surface area contributed by atoms with E-state index >= 15 is 0 Å². The number of nitrogens with zero attached hydrogens (tertiary/aromatic N) is 1. The van der Waals surface area contributed by atoms with Gasteiger partial charge < -0.3 is 21.5 Å². The van der Waals surface area contributed by atoms with Crippen LogP contribution in [0, 0.1) is 0 Å². The van der Waals surface area contributed by atoms with E-state index in [1.54, 1.807) is 0 Å². The van der Waals surface area contributed by atoms with Gasteiger partial charge in [-0.15, -0.1) is 0 Å². The Balaban J connectivity index is 2.01. The molecule has 0 aromatic carbocycles. The number of pyridine rings is 1. The second kappa shape index (κ2) is 5.68. The molecule has 1 aliphatic heterocycles. The third kappa shape index (κ3) is 3.10. The number of nitrogens with two attached hydrogens (primary N) is 2. The number of rotatable bonds is 4. The van der Waals surface area contributed by atoms with Crippen LogP contribution in [0.15, 0.2) is 12.3 Å². The van der Waals surface area contributed by atoms with E-state index in [0.29, 0.717) is 23.6 Å². The first-order valence-electron chi connectivity index (χ1n) is 6.07. The van der Waals surface area contributed by atoms with Crippen LogP contribution < -0.4 is 16.8 Å². The molecule has 1 saturated heterocycles. The van der Waals surface area contributed by atoms with Gasteiger partial charge >= 0.3 is 0 Å². The van der Waals surface area contributed by atoms with Crippen molar-refractivity contribution in [1.29, 1.82) is 0 Å². The summed E-state index contributed by atoms with van der Waals surface area (Å²) in [5.41, 5.74) is 11.6. The lowest BCUT2D eigenvalue weighted by Crippen LogP contribution is -2.28. The number of hydrogen-bond acceptors (Lipinski definition) is 5. The highest BCUT2D eigenvalue weighted by atomic mass is 16.5. The van der Waals surface area contributed by atoms with Crippen LogP contribution in [0.1, 0.15) is 29.6 Å². The molecule has 1 aromatic heterocycles. The van der Waals surface area contributed by atoms with Crippen LogP contribution >= 0.6 is 0 Å². The number of aromatic nitrogens is 1. The van der Waals surface area contributed by atoms with Crippen LogP contribution in [0.4, 0.5) is 11.5 Å². The molecule has 6 heteroatoms. The smallest absolute Gasteiger partial charge is 0.252 e. The second-order valence-corrected chi connectivity index (χ2v) is 4.40. The Bertz CT molecular complexity index is 430. The van der Waals surface area contributed by atoms with Crippen LogP contribution in [0.3, 0.4) is 0 Å². The molecule has 98 valence electrons. The van der Waals surface area contributed by atoms with Crippen molar-refractivity contribution in [2.75, 3.05) is 24.2 Å². The van der Waals surface area contributed by atoms with Crippen molar-refractivity contribution in [3.63, 3.8) is 0 Å². The minimum absolute atomic E-state index is 0.166. The predicted molar refractivity (Wildman–Crippen MR) is 69.2 cm³/mol. The highest BCUT2D eigenvalue weighted by Gasteiger charge is 2.15. The topological polar surface area (TPSA) is 103 Å². The van der Waals surface area contributed by atoms with E-state index in [9.17, 15) is 4.79 Å². The van der Waals surface area contributed by atoms with Crippen molar-refractivity contribution >= 4 is 17.4 Å². The van der Waals surface area contributed by atoms with Gasteiger partial charge in [-0.3, -0.25) is 4.79 Å². The van der Waals surface area contributed by atoms with Crippen molar-refractivity contribution in [3.05, 3.63) is 17.8 Å². The molecule has 6 nitrogen and oxygen atoms in total. The van der Waals surface area contributed by atoms with Gasteiger partial charge in [-0.25, -0.2) is 4.98 Å². The quantitative estimate of drug-likeness (QED) is 0.731. The molecule has 0 spiro atoms. The van der Waals surface area contributed by atoms with E-state index in [1.807, 2.05) is 0 Å². The molecule has 2 heterocycles. The third-order valence-corrected chi connectivity index (χ3v) is 2.95. The fourth-order valence-electron chi connectivity index (χ4n) is 1.99. The zero-order valence-electron chi connectivity index (χ0n) is 10.2.